The Bertz CT molecular complexity index is 597. The van der Waals surface area contributed by atoms with Gasteiger partial charge in [0.1, 0.15) is 0 Å². The second-order valence-electron chi connectivity index (χ2n) is 4.98. The summed E-state index contributed by atoms with van der Waals surface area (Å²) in [6.45, 7) is 2.17. The summed E-state index contributed by atoms with van der Waals surface area (Å²) in [7, 11) is 4.94. The van der Waals surface area contributed by atoms with Crippen LogP contribution in [0.1, 0.15) is 21.5 Å². The fourth-order valence-corrected chi connectivity index (χ4v) is 1.70. The third-order valence-electron chi connectivity index (χ3n) is 3.02. The van der Waals surface area contributed by atoms with Crippen molar-refractivity contribution in [2.24, 2.45) is 5.73 Å². The summed E-state index contributed by atoms with van der Waals surface area (Å²) in [6.07, 6.45) is 0. The van der Waals surface area contributed by atoms with Crippen LogP contribution >= 0.6 is 0 Å². The maximum Gasteiger partial charge on any atom is 0.254 e. The Kier molecular flexibility index (Phi) is 5.94. The Labute approximate surface area is 125 Å². The molecule has 1 aromatic rings. The van der Waals surface area contributed by atoms with E-state index in [1.54, 1.807) is 27.2 Å². The summed E-state index contributed by atoms with van der Waals surface area (Å²) in [5.41, 5.74) is 7.48. The zero-order valence-corrected chi connectivity index (χ0v) is 12.9. The number of carbonyl (C=O) groups excluding carboxylic acids is 2. The molecule has 0 unspecified atom stereocenters. The average molecular weight is 287 g/mol. The SMILES string of the molecule is Cc1ccc(C#CCN)cc1C(=O)N(C)CC(=O)N(C)C. The molecule has 112 valence electrons. The summed E-state index contributed by atoms with van der Waals surface area (Å²) >= 11 is 0. The second-order valence-corrected chi connectivity index (χ2v) is 4.98. The standard InChI is InChI=1S/C16H21N3O2/c1-12-7-8-13(6-5-9-17)10-14(12)16(21)19(4)11-15(20)18(2)3/h7-8,10H,9,11,17H2,1-4H3. The molecule has 5 heteroatoms. The molecular formula is C16H21N3O2. The molecule has 0 aromatic heterocycles. The summed E-state index contributed by atoms with van der Waals surface area (Å²) < 4.78 is 0. The molecule has 0 spiro atoms. The van der Waals surface area contributed by atoms with Crippen molar-refractivity contribution in [3.63, 3.8) is 0 Å². The predicted octanol–water partition coefficient (Wildman–Crippen LogP) is 0.465. The smallest absolute Gasteiger partial charge is 0.254 e. The van der Waals surface area contributed by atoms with Gasteiger partial charge in [-0.05, 0) is 24.6 Å². The number of rotatable bonds is 3. The Morgan fingerprint density at radius 1 is 1.24 bits per heavy atom. The molecule has 0 aliphatic rings. The normalized spacial score (nSPS) is 9.57. The van der Waals surface area contributed by atoms with Gasteiger partial charge in [-0.15, -0.1) is 0 Å². The Balaban J connectivity index is 2.98. The van der Waals surface area contributed by atoms with Crippen molar-refractivity contribution in [2.45, 2.75) is 6.92 Å². The molecule has 0 fully saturated rings. The van der Waals surface area contributed by atoms with E-state index in [4.69, 9.17) is 5.73 Å². The first kappa shape index (κ1) is 16.7. The van der Waals surface area contributed by atoms with Gasteiger partial charge >= 0.3 is 0 Å². The van der Waals surface area contributed by atoms with Gasteiger partial charge in [-0.25, -0.2) is 0 Å². The lowest BCUT2D eigenvalue weighted by Gasteiger charge is -2.20. The average Bonchev–Trinajstić information content (AvgIpc) is 2.45. The number of aryl methyl sites for hydroxylation is 1. The summed E-state index contributed by atoms with van der Waals surface area (Å²) in [5.74, 6) is 5.34. The van der Waals surface area contributed by atoms with E-state index in [0.717, 1.165) is 11.1 Å². The first-order valence-corrected chi connectivity index (χ1v) is 6.62. The van der Waals surface area contributed by atoms with Crippen LogP contribution in [0.2, 0.25) is 0 Å². The minimum atomic E-state index is -0.195. The molecule has 0 bridgehead atoms. The zero-order chi connectivity index (χ0) is 16.0. The molecule has 0 aliphatic carbocycles. The molecule has 21 heavy (non-hydrogen) atoms. The van der Waals surface area contributed by atoms with E-state index in [1.807, 2.05) is 19.1 Å². The number of hydrogen-bond donors (Lipinski definition) is 1. The summed E-state index contributed by atoms with van der Waals surface area (Å²) in [6, 6.07) is 5.42. The minimum absolute atomic E-state index is 0.0456. The third kappa shape index (κ3) is 4.62. The van der Waals surface area contributed by atoms with Crippen molar-refractivity contribution in [3.05, 3.63) is 34.9 Å². The molecule has 0 saturated carbocycles. The van der Waals surface area contributed by atoms with Crippen molar-refractivity contribution in [3.8, 4) is 11.8 Å². The number of hydrogen-bond acceptors (Lipinski definition) is 3. The van der Waals surface area contributed by atoms with Crippen molar-refractivity contribution < 1.29 is 9.59 Å². The van der Waals surface area contributed by atoms with Crippen LogP contribution in [0, 0.1) is 18.8 Å². The van der Waals surface area contributed by atoms with E-state index in [9.17, 15) is 9.59 Å². The predicted molar refractivity (Wildman–Crippen MR) is 82.8 cm³/mol. The maximum atomic E-state index is 12.4. The monoisotopic (exact) mass is 287 g/mol. The molecule has 1 rings (SSSR count). The lowest BCUT2D eigenvalue weighted by Crippen LogP contribution is -2.38. The van der Waals surface area contributed by atoms with Gasteiger partial charge in [0.2, 0.25) is 5.91 Å². The van der Waals surface area contributed by atoms with Crippen LogP contribution in [0.5, 0.6) is 0 Å². The Morgan fingerprint density at radius 2 is 1.90 bits per heavy atom. The highest BCUT2D eigenvalue weighted by Crippen LogP contribution is 2.13. The summed E-state index contributed by atoms with van der Waals surface area (Å²) in [5, 5.41) is 0. The molecule has 5 nitrogen and oxygen atoms in total. The molecule has 2 amide bonds. The maximum absolute atomic E-state index is 12.4. The van der Waals surface area contributed by atoms with Crippen molar-refractivity contribution in [1.82, 2.24) is 9.80 Å². The van der Waals surface area contributed by atoms with Crippen molar-refractivity contribution >= 4 is 11.8 Å². The third-order valence-corrected chi connectivity index (χ3v) is 3.02. The van der Waals surface area contributed by atoms with Gasteiger partial charge in [0.15, 0.2) is 0 Å². The fourth-order valence-electron chi connectivity index (χ4n) is 1.70. The Hall–Kier alpha value is -2.32. The van der Waals surface area contributed by atoms with Gasteiger partial charge in [0.25, 0.3) is 5.91 Å². The van der Waals surface area contributed by atoms with Crippen LogP contribution in [0.4, 0.5) is 0 Å². The van der Waals surface area contributed by atoms with Crippen LogP contribution in [0.3, 0.4) is 0 Å². The first-order valence-electron chi connectivity index (χ1n) is 6.62. The van der Waals surface area contributed by atoms with E-state index in [-0.39, 0.29) is 24.9 Å². The van der Waals surface area contributed by atoms with Crippen LogP contribution in [0.15, 0.2) is 18.2 Å². The van der Waals surface area contributed by atoms with Gasteiger partial charge in [0, 0.05) is 32.3 Å². The molecule has 0 saturated heterocycles. The van der Waals surface area contributed by atoms with Crippen molar-refractivity contribution in [2.75, 3.05) is 34.2 Å². The molecule has 0 aliphatic heterocycles. The Morgan fingerprint density at radius 3 is 2.48 bits per heavy atom. The molecule has 0 heterocycles. The van der Waals surface area contributed by atoms with Gasteiger partial charge in [0.05, 0.1) is 13.1 Å². The van der Waals surface area contributed by atoms with Gasteiger partial charge in [-0.3, -0.25) is 9.59 Å². The molecular weight excluding hydrogens is 266 g/mol. The number of amides is 2. The topological polar surface area (TPSA) is 66.6 Å². The molecule has 0 radical (unpaired) electrons. The second kappa shape index (κ2) is 7.46. The number of nitrogens with zero attached hydrogens (tertiary/aromatic N) is 2. The largest absolute Gasteiger partial charge is 0.347 e. The van der Waals surface area contributed by atoms with E-state index >= 15 is 0 Å². The number of nitrogens with two attached hydrogens (primary N) is 1. The quantitative estimate of drug-likeness (QED) is 0.822. The van der Waals surface area contributed by atoms with Crippen molar-refractivity contribution in [1.29, 1.82) is 0 Å². The van der Waals surface area contributed by atoms with Gasteiger partial charge < -0.3 is 15.5 Å². The van der Waals surface area contributed by atoms with E-state index in [2.05, 4.69) is 11.8 Å². The van der Waals surface area contributed by atoms with Crippen LogP contribution < -0.4 is 5.73 Å². The zero-order valence-electron chi connectivity index (χ0n) is 12.9. The minimum Gasteiger partial charge on any atom is -0.347 e. The number of carbonyl (C=O) groups is 2. The number of likely N-dealkylation sites (N-methyl/N-ethyl adjacent to an activating group) is 2. The van der Waals surface area contributed by atoms with Crippen LogP contribution in [0.25, 0.3) is 0 Å². The lowest BCUT2D eigenvalue weighted by molar-refractivity contribution is -0.129. The molecule has 1 aromatic carbocycles. The van der Waals surface area contributed by atoms with Crippen LogP contribution in [-0.2, 0) is 4.79 Å². The highest BCUT2D eigenvalue weighted by atomic mass is 16.2. The first-order chi connectivity index (χ1) is 9.86. The van der Waals surface area contributed by atoms with Gasteiger partial charge in [-0.2, -0.15) is 0 Å². The highest BCUT2D eigenvalue weighted by Gasteiger charge is 2.17. The molecule has 0 atom stereocenters. The summed E-state index contributed by atoms with van der Waals surface area (Å²) in [4.78, 5) is 27.0. The van der Waals surface area contributed by atoms with E-state index < -0.39 is 0 Å². The van der Waals surface area contributed by atoms with E-state index in [0.29, 0.717) is 5.56 Å². The lowest BCUT2D eigenvalue weighted by atomic mass is 10.0. The van der Waals surface area contributed by atoms with Crippen LogP contribution in [-0.4, -0.2) is 55.8 Å². The van der Waals surface area contributed by atoms with Gasteiger partial charge in [-0.1, -0.05) is 17.9 Å². The fraction of sp³-hybridized carbons (Fsp3) is 0.375. The van der Waals surface area contributed by atoms with E-state index in [1.165, 1.54) is 9.80 Å². The highest BCUT2D eigenvalue weighted by molar-refractivity contribution is 5.97. The molecule has 2 N–H and O–H groups in total. The number of benzene rings is 1.